The van der Waals surface area contributed by atoms with E-state index in [9.17, 15) is 4.39 Å². The van der Waals surface area contributed by atoms with Crippen LogP contribution in [-0.4, -0.2) is 0 Å². The zero-order valence-corrected chi connectivity index (χ0v) is 13.8. The SMILES string of the molecule is Fc1ccc(Oc2ccc(Br)cc2Br)c(CBr)c1. The Labute approximate surface area is 130 Å². The molecule has 0 bridgehead atoms. The van der Waals surface area contributed by atoms with E-state index in [1.807, 2.05) is 18.2 Å². The molecule has 0 unspecified atom stereocenters. The van der Waals surface area contributed by atoms with Crippen LogP contribution in [-0.2, 0) is 5.33 Å². The average molecular weight is 439 g/mol. The van der Waals surface area contributed by atoms with E-state index in [0.29, 0.717) is 16.8 Å². The Morgan fingerprint density at radius 3 is 2.39 bits per heavy atom. The summed E-state index contributed by atoms with van der Waals surface area (Å²) in [6.07, 6.45) is 0. The Balaban J connectivity index is 2.33. The highest BCUT2D eigenvalue weighted by Crippen LogP contribution is 2.34. The largest absolute Gasteiger partial charge is 0.456 e. The lowest BCUT2D eigenvalue weighted by atomic mass is 10.2. The molecule has 0 saturated heterocycles. The van der Waals surface area contributed by atoms with Crippen molar-refractivity contribution < 1.29 is 9.13 Å². The molecule has 1 nitrogen and oxygen atoms in total. The molecule has 0 spiro atoms. The summed E-state index contributed by atoms with van der Waals surface area (Å²) in [6.45, 7) is 0. The maximum atomic E-state index is 13.1. The molecule has 2 aromatic carbocycles. The van der Waals surface area contributed by atoms with E-state index >= 15 is 0 Å². The first-order valence-electron chi connectivity index (χ1n) is 5.07. The molecule has 0 N–H and O–H groups in total. The predicted octanol–water partition coefficient (Wildman–Crippen LogP) is 6.04. The number of halogens is 4. The van der Waals surface area contributed by atoms with E-state index in [1.54, 1.807) is 6.07 Å². The number of benzene rings is 2. The Bertz CT molecular complexity index is 572. The number of rotatable bonds is 3. The summed E-state index contributed by atoms with van der Waals surface area (Å²) in [5, 5.41) is 0.536. The average Bonchev–Trinajstić information content (AvgIpc) is 2.34. The maximum absolute atomic E-state index is 13.1. The summed E-state index contributed by atoms with van der Waals surface area (Å²) in [4.78, 5) is 0. The molecule has 0 saturated carbocycles. The molecule has 0 aromatic heterocycles. The fourth-order valence-corrected chi connectivity index (χ4v) is 2.99. The molecular weight excluding hydrogens is 431 g/mol. The van der Waals surface area contributed by atoms with Gasteiger partial charge in [0.05, 0.1) is 4.47 Å². The van der Waals surface area contributed by atoms with Gasteiger partial charge in [0.1, 0.15) is 17.3 Å². The van der Waals surface area contributed by atoms with Crippen molar-refractivity contribution in [1.29, 1.82) is 0 Å². The molecule has 0 aliphatic rings. The van der Waals surface area contributed by atoms with Crippen LogP contribution in [0.4, 0.5) is 4.39 Å². The molecule has 18 heavy (non-hydrogen) atoms. The number of hydrogen-bond acceptors (Lipinski definition) is 1. The standard InChI is InChI=1S/C13H8Br3FO/c14-7-8-5-10(17)2-4-12(8)18-13-3-1-9(15)6-11(13)16/h1-6H,7H2. The van der Waals surface area contributed by atoms with Gasteiger partial charge in [0, 0.05) is 15.4 Å². The summed E-state index contributed by atoms with van der Waals surface area (Å²) >= 11 is 10.1. The van der Waals surface area contributed by atoms with Gasteiger partial charge in [-0.1, -0.05) is 31.9 Å². The van der Waals surface area contributed by atoms with Crippen LogP contribution in [0.5, 0.6) is 11.5 Å². The molecule has 2 rings (SSSR count). The minimum absolute atomic E-state index is 0.272. The van der Waals surface area contributed by atoms with E-state index in [0.717, 1.165) is 14.5 Å². The number of hydrogen-bond donors (Lipinski definition) is 0. The molecule has 0 amide bonds. The van der Waals surface area contributed by atoms with Gasteiger partial charge in [0.15, 0.2) is 0 Å². The molecule has 0 radical (unpaired) electrons. The number of alkyl halides is 1. The summed E-state index contributed by atoms with van der Waals surface area (Å²) < 4.78 is 20.7. The first-order valence-corrected chi connectivity index (χ1v) is 7.78. The topological polar surface area (TPSA) is 9.23 Å². The van der Waals surface area contributed by atoms with Crippen LogP contribution in [0.25, 0.3) is 0 Å². The Morgan fingerprint density at radius 1 is 1.00 bits per heavy atom. The van der Waals surface area contributed by atoms with Gasteiger partial charge in [0.25, 0.3) is 0 Å². The fourth-order valence-electron chi connectivity index (χ4n) is 1.43. The summed E-state index contributed by atoms with van der Waals surface area (Å²) in [6, 6.07) is 10.1. The van der Waals surface area contributed by atoms with Crippen molar-refractivity contribution in [3.05, 3.63) is 56.7 Å². The highest BCUT2D eigenvalue weighted by molar-refractivity contribution is 9.11. The molecule has 0 aliphatic heterocycles. The van der Waals surface area contributed by atoms with Crippen LogP contribution in [0.1, 0.15) is 5.56 Å². The van der Waals surface area contributed by atoms with Gasteiger partial charge in [-0.2, -0.15) is 0 Å². The molecule has 0 heterocycles. The van der Waals surface area contributed by atoms with E-state index in [-0.39, 0.29) is 5.82 Å². The van der Waals surface area contributed by atoms with Crippen molar-refractivity contribution >= 4 is 47.8 Å². The molecule has 0 fully saturated rings. The third kappa shape index (κ3) is 3.33. The van der Waals surface area contributed by atoms with Gasteiger partial charge in [-0.05, 0) is 52.3 Å². The second-order valence-electron chi connectivity index (χ2n) is 3.56. The maximum Gasteiger partial charge on any atom is 0.141 e. The van der Waals surface area contributed by atoms with Crippen molar-refractivity contribution in [1.82, 2.24) is 0 Å². The van der Waals surface area contributed by atoms with Gasteiger partial charge in [-0.3, -0.25) is 0 Å². The quantitative estimate of drug-likeness (QED) is 0.531. The van der Waals surface area contributed by atoms with E-state index in [4.69, 9.17) is 4.74 Å². The molecule has 5 heteroatoms. The second-order valence-corrected chi connectivity index (χ2v) is 5.89. The van der Waals surface area contributed by atoms with Crippen LogP contribution in [0.2, 0.25) is 0 Å². The first kappa shape index (κ1) is 14.0. The molecular formula is C13H8Br3FO. The van der Waals surface area contributed by atoms with Gasteiger partial charge in [0.2, 0.25) is 0 Å². The van der Waals surface area contributed by atoms with Gasteiger partial charge < -0.3 is 4.74 Å². The predicted molar refractivity (Wildman–Crippen MR) is 80.9 cm³/mol. The second kappa shape index (κ2) is 6.17. The van der Waals surface area contributed by atoms with Crippen LogP contribution in [0.15, 0.2) is 45.3 Å². The lowest BCUT2D eigenvalue weighted by Crippen LogP contribution is -1.91. The van der Waals surface area contributed by atoms with E-state index in [1.165, 1.54) is 12.1 Å². The van der Waals surface area contributed by atoms with Crippen LogP contribution in [0.3, 0.4) is 0 Å². The van der Waals surface area contributed by atoms with Crippen molar-refractivity contribution in [2.24, 2.45) is 0 Å². The van der Waals surface area contributed by atoms with Gasteiger partial charge in [-0.25, -0.2) is 4.39 Å². The minimum Gasteiger partial charge on any atom is -0.456 e. The molecule has 0 aliphatic carbocycles. The minimum atomic E-state index is -0.272. The third-order valence-corrected chi connectivity index (χ3v) is 4.00. The van der Waals surface area contributed by atoms with Crippen LogP contribution < -0.4 is 4.74 Å². The fraction of sp³-hybridized carbons (Fsp3) is 0.0769. The van der Waals surface area contributed by atoms with Gasteiger partial charge in [-0.15, -0.1) is 0 Å². The zero-order chi connectivity index (χ0) is 13.1. The van der Waals surface area contributed by atoms with Crippen molar-refractivity contribution in [3.63, 3.8) is 0 Å². The Kier molecular flexibility index (Phi) is 4.81. The molecule has 2 aromatic rings. The zero-order valence-electron chi connectivity index (χ0n) is 9.09. The van der Waals surface area contributed by atoms with E-state index in [2.05, 4.69) is 47.8 Å². The molecule has 0 atom stereocenters. The Morgan fingerprint density at radius 2 is 1.72 bits per heavy atom. The highest BCUT2D eigenvalue weighted by atomic mass is 79.9. The summed E-state index contributed by atoms with van der Waals surface area (Å²) in [5.74, 6) is 1.05. The third-order valence-electron chi connectivity index (χ3n) is 2.28. The molecule has 94 valence electrons. The normalized spacial score (nSPS) is 10.4. The van der Waals surface area contributed by atoms with Crippen LogP contribution in [0, 0.1) is 5.82 Å². The van der Waals surface area contributed by atoms with Gasteiger partial charge >= 0.3 is 0 Å². The summed E-state index contributed by atoms with van der Waals surface area (Å²) in [7, 11) is 0. The van der Waals surface area contributed by atoms with E-state index < -0.39 is 0 Å². The lowest BCUT2D eigenvalue weighted by Gasteiger charge is -2.11. The Hall–Kier alpha value is -0.390. The first-order chi connectivity index (χ1) is 8.60. The van der Waals surface area contributed by atoms with Crippen molar-refractivity contribution in [2.75, 3.05) is 0 Å². The lowest BCUT2D eigenvalue weighted by molar-refractivity contribution is 0.473. The number of ether oxygens (including phenoxy) is 1. The van der Waals surface area contributed by atoms with Crippen molar-refractivity contribution in [3.8, 4) is 11.5 Å². The summed E-state index contributed by atoms with van der Waals surface area (Å²) in [5.41, 5.74) is 0.768. The highest BCUT2D eigenvalue weighted by Gasteiger charge is 2.08. The van der Waals surface area contributed by atoms with Crippen LogP contribution >= 0.6 is 47.8 Å². The smallest absolute Gasteiger partial charge is 0.141 e. The monoisotopic (exact) mass is 436 g/mol. The van der Waals surface area contributed by atoms with Crippen molar-refractivity contribution in [2.45, 2.75) is 5.33 Å².